The number of aryl methyl sites for hydroxylation is 1. The van der Waals surface area contributed by atoms with E-state index < -0.39 is 0 Å². The number of benzene rings is 1. The molecule has 4 nitrogen and oxygen atoms in total. The molecular formula is C16H19N3O. The second-order valence-electron chi connectivity index (χ2n) is 4.66. The number of carbonyl (C=O) groups is 1. The fraction of sp³-hybridized carbons (Fsp3) is 0.250. The molecule has 0 saturated carbocycles. The van der Waals surface area contributed by atoms with Gasteiger partial charge in [-0.15, -0.1) is 0 Å². The van der Waals surface area contributed by atoms with Gasteiger partial charge in [0.05, 0.1) is 12.2 Å². The van der Waals surface area contributed by atoms with Crippen molar-refractivity contribution in [1.29, 1.82) is 0 Å². The lowest BCUT2D eigenvalue weighted by atomic mass is 10.2. The second-order valence-corrected chi connectivity index (χ2v) is 4.66. The molecule has 2 N–H and O–H groups in total. The van der Waals surface area contributed by atoms with Gasteiger partial charge < -0.3 is 10.6 Å². The van der Waals surface area contributed by atoms with Crippen molar-refractivity contribution < 1.29 is 4.79 Å². The summed E-state index contributed by atoms with van der Waals surface area (Å²) in [7, 11) is 0. The maximum Gasteiger partial charge on any atom is 0.224 e. The molecule has 0 saturated heterocycles. The Kier molecular flexibility index (Phi) is 4.71. The van der Waals surface area contributed by atoms with Crippen molar-refractivity contribution in [3.63, 3.8) is 0 Å². The number of nitrogens with one attached hydrogen (secondary N) is 2. The van der Waals surface area contributed by atoms with Crippen LogP contribution in [0, 0.1) is 6.92 Å². The van der Waals surface area contributed by atoms with Crippen LogP contribution in [0.15, 0.2) is 42.6 Å². The van der Waals surface area contributed by atoms with Crippen LogP contribution in [0.4, 0.5) is 11.4 Å². The van der Waals surface area contributed by atoms with Gasteiger partial charge in [0.15, 0.2) is 0 Å². The van der Waals surface area contributed by atoms with Gasteiger partial charge in [0.1, 0.15) is 0 Å². The zero-order valence-electron chi connectivity index (χ0n) is 11.8. The standard InChI is InChI=1S/C16H19N3O/c1-3-16(20)19-14-8-6-13(7-9-14)18-11-15-5-4-12(2)10-17-15/h4-10,18H,3,11H2,1-2H3,(H,19,20). The molecule has 0 aliphatic carbocycles. The van der Waals surface area contributed by atoms with Gasteiger partial charge in [-0.25, -0.2) is 0 Å². The number of amides is 1. The van der Waals surface area contributed by atoms with Crippen LogP contribution in [-0.4, -0.2) is 10.9 Å². The van der Waals surface area contributed by atoms with Crippen LogP contribution < -0.4 is 10.6 Å². The topological polar surface area (TPSA) is 54.0 Å². The fourth-order valence-electron chi connectivity index (χ4n) is 1.72. The Morgan fingerprint density at radius 1 is 1.10 bits per heavy atom. The Morgan fingerprint density at radius 3 is 2.40 bits per heavy atom. The molecule has 20 heavy (non-hydrogen) atoms. The normalized spacial score (nSPS) is 10.1. The van der Waals surface area contributed by atoms with E-state index in [1.165, 1.54) is 0 Å². The summed E-state index contributed by atoms with van der Waals surface area (Å²) in [5.74, 6) is 0.0227. The minimum Gasteiger partial charge on any atom is -0.379 e. The molecule has 1 aromatic heterocycles. The Morgan fingerprint density at radius 2 is 1.80 bits per heavy atom. The van der Waals surface area contributed by atoms with E-state index in [4.69, 9.17) is 0 Å². The smallest absolute Gasteiger partial charge is 0.224 e. The number of aromatic nitrogens is 1. The summed E-state index contributed by atoms with van der Waals surface area (Å²) in [5.41, 5.74) is 3.97. The van der Waals surface area contributed by atoms with Crippen LogP contribution in [0.1, 0.15) is 24.6 Å². The van der Waals surface area contributed by atoms with Crippen LogP contribution in [0.3, 0.4) is 0 Å². The predicted molar refractivity (Wildman–Crippen MR) is 81.7 cm³/mol. The summed E-state index contributed by atoms with van der Waals surface area (Å²) in [6.45, 7) is 4.54. The van der Waals surface area contributed by atoms with Crippen molar-refractivity contribution in [1.82, 2.24) is 4.98 Å². The van der Waals surface area contributed by atoms with Crippen molar-refractivity contribution in [2.24, 2.45) is 0 Å². The summed E-state index contributed by atoms with van der Waals surface area (Å²) in [6, 6.07) is 11.7. The Bertz CT molecular complexity index is 561. The fourth-order valence-corrected chi connectivity index (χ4v) is 1.72. The molecule has 2 rings (SSSR count). The largest absolute Gasteiger partial charge is 0.379 e. The molecule has 0 spiro atoms. The highest BCUT2D eigenvalue weighted by atomic mass is 16.1. The number of hydrogen-bond acceptors (Lipinski definition) is 3. The van der Waals surface area contributed by atoms with Gasteiger partial charge in [0, 0.05) is 24.0 Å². The minimum atomic E-state index is 0.0227. The minimum absolute atomic E-state index is 0.0227. The summed E-state index contributed by atoms with van der Waals surface area (Å²) >= 11 is 0. The van der Waals surface area contributed by atoms with Crippen molar-refractivity contribution in [3.05, 3.63) is 53.9 Å². The van der Waals surface area contributed by atoms with Crippen LogP contribution in [0.25, 0.3) is 0 Å². The molecule has 0 aliphatic rings. The first-order valence-electron chi connectivity index (χ1n) is 6.72. The predicted octanol–water partition coefficient (Wildman–Crippen LogP) is 3.35. The van der Waals surface area contributed by atoms with E-state index in [1.807, 2.05) is 56.4 Å². The van der Waals surface area contributed by atoms with Gasteiger partial charge in [-0.05, 0) is 42.8 Å². The molecule has 1 heterocycles. The van der Waals surface area contributed by atoms with E-state index in [0.29, 0.717) is 13.0 Å². The molecule has 0 fully saturated rings. The van der Waals surface area contributed by atoms with Crippen LogP contribution in [0.5, 0.6) is 0 Å². The average Bonchev–Trinajstić information content (AvgIpc) is 2.48. The summed E-state index contributed by atoms with van der Waals surface area (Å²) in [4.78, 5) is 15.6. The van der Waals surface area contributed by atoms with E-state index in [0.717, 1.165) is 22.6 Å². The molecular weight excluding hydrogens is 250 g/mol. The Balaban J connectivity index is 1.90. The molecule has 0 radical (unpaired) electrons. The summed E-state index contributed by atoms with van der Waals surface area (Å²) in [6.07, 6.45) is 2.35. The van der Waals surface area contributed by atoms with Gasteiger partial charge in [0.25, 0.3) is 0 Å². The molecule has 4 heteroatoms. The quantitative estimate of drug-likeness (QED) is 0.875. The third-order valence-corrected chi connectivity index (χ3v) is 2.94. The van der Waals surface area contributed by atoms with E-state index in [9.17, 15) is 4.79 Å². The first kappa shape index (κ1) is 14.1. The van der Waals surface area contributed by atoms with Crippen molar-refractivity contribution in [2.45, 2.75) is 26.8 Å². The Labute approximate surface area is 119 Å². The lowest BCUT2D eigenvalue weighted by molar-refractivity contribution is -0.115. The lowest BCUT2D eigenvalue weighted by Crippen LogP contribution is -2.09. The van der Waals surface area contributed by atoms with Gasteiger partial charge in [-0.3, -0.25) is 9.78 Å². The summed E-state index contributed by atoms with van der Waals surface area (Å²) < 4.78 is 0. The first-order chi connectivity index (χ1) is 9.67. The second kappa shape index (κ2) is 6.70. The number of hydrogen-bond donors (Lipinski definition) is 2. The highest BCUT2D eigenvalue weighted by Gasteiger charge is 1.99. The van der Waals surface area contributed by atoms with Gasteiger partial charge in [0.2, 0.25) is 5.91 Å². The number of anilines is 2. The van der Waals surface area contributed by atoms with Gasteiger partial charge >= 0.3 is 0 Å². The summed E-state index contributed by atoms with van der Waals surface area (Å²) in [5, 5.41) is 6.12. The first-order valence-corrected chi connectivity index (χ1v) is 6.72. The number of carbonyl (C=O) groups excluding carboxylic acids is 1. The number of rotatable bonds is 5. The molecule has 0 aliphatic heterocycles. The van der Waals surface area contributed by atoms with E-state index >= 15 is 0 Å². The van der Waals surface area contributed by atoms with Crippen LogP contribution in [-0.2, 0) is 11.3 Å². The third-order valence-electron chi connectivity index (χ3n) is 2.94. The van der Waals surface area contributed by atoms with E-state index in [2.05, 4.69) is 15.6 Å². The average molecular weight is 269 g/mol. The molecule has 2 aromatic rings. The molecule has 0 bridgehead atoms. The molecule has 0 atom stereocenters. The van der Waals surface area contributed by atoms with Crippen LogP contribution in [0.2, 0.25) is 0 Å². The molecule has 0 unspecified atom stereocenters. The van der Waals surface area contributed by atoms with Crippen molar-refractivity contribution in [2.75, 3.05) is 10.6 Å². The highest BCUT2D eigenvalue weighted by Crippen LogP contribution is 2.14. The van der Waals surface area contributed by atoms with E-state index in [1.54, 1.807) is 0 Å². The van der Waals surface area contributed by atoms with Gasteiger partial charge in [-0.2, -0.15) is 0 Å². The third kappa shape index (κ3) is 4.09. The lowest BCUT2D eigenvalue weighted by Gasteiger charge is -2.08. The van der Waals surface area contributed by atoms with Crippen LogP contribution >= 0.6 is 0 Å². The maximum absolute atomic E-state index is 11.3. The van der Waals surface area contributed by atoms with Gasteiger partial charge in [-0.1, -0.05) is 13.0 Å². The van der Waals surface area contributed by atoms with Crippen molar-refractivity contribution >= 4 is 17.3 Å². The highest BCUT2D eigenvalue weighted by molar-refractivity contribution is 5.90. The monoisotopic (exact) mass is 269 g/mol. The zero-order valence-corrected chi connectivity index (χ0v) is 11.8. The Hall–Kier alpha value is -2.36. The SMILES string of the molecule is CCC(=O)Nc1ccc(NCc2ccc(C)cn2)cc1. The van der Waals surface area contributed by atoms with E-state index in [-0.39, 0.29) is 5.91 Å². The molecule has 1 aromatic carbocycles. The zero-order chi connectivity index (χ0) is 14.4. The molecule has 104 valence electrons. The van der Waals surface area contributed by atoms with Crippen molar-refractivity contribution in [3.8, 4) is 0 Å². The molecule has 1 amide bonds. The maximum atomic E-state index is 11.3. The number of nitrogens with zero attached hydrogens (tertiary/aromatic N) is 1. The number of pyridine rings is 1.